The zero-order valence-corrected chi connectivity index (χ0v) is 14.3. The van der Waals surface area contributed by atoms with Gasteiger partial charge in [0, 0.05) is 19.0 Å². The highest BCUT2D eigenvalue weighted by atomic mass is 28.2. The van der Waals surface area contributed by atoms with Crippen molar-refractivity contribution in [2.45, 2.75) is 45.3 Å². The van der Waals surface area contributed by atoms with Crippen molar-refractivity contribution in [2.24, 2.45) is 11.8 Å². The van der Waals surface area contributed by atoms with E-state index < -0.39 is 33.3 Å². The van der Waals surface area contributed by atoms with Gasteiger partial charge in [-0.2, -0.15) is 0 Å². The Morgan fingerprint density at radius 2 is 1.70 bits per heavy atom. The van der Waals surface area contributed by atoms with E-state index in [1.54, 1.807) is 0 Å². The van der Waals surface area contributed by atoms with Gasteiger partial charge in [0.25, 0.3) is 0 Å². The maximum atomic E-state index is 11.4. The molecule has 0 saturated carbocycles. The molecule has 20 heavy (non-hydrogen) atoms. The van der Waals surface area contributed by atoms with Gasteiger partial charge in [-0.1, -0.05) is 20.8 Å². The number of carboxylic acids is 1. The average Bonchev–Trinajstić information content (AvgIpc) is 2.71. The van der Waals surface area contributed by atoms with Crippen LogP contribution in [0.4, 0.5) is 4.79 Å². The van der Waals surface area contributed by atoms with E-state index in [1.165, 1.54) is 4.90 Å². The first kappa shape index (κ1) is 17.0. The molecule has 0 spiro atoms. The Bertz CT molecular complexity index is 391. The molecule has 0 aromatic rings. The monoisotopic (exact) mass is 303 g/mol. The van der Waals surface area contributed by atoms with Crippen LogP contribution in [0.2, 0.25) is 5.04 Å². The van der Waals surface area contributed by atoms with Crippen LogP contribution in [0.15, 0.2) is 0 Å². The molecular weight excluding hydrogens is 278 g/mol. The first-order valence-electron chi connectivity index (χ1n) is 6.79. The van der Waals surface area contributed by atoms with Gasteiger partial charge in [-0.3, -0.25) is 4.79 Å². The summed E-state index contributed by atoms with van der Waals surface area (Å²) >= 11 is 0. The van der Waals surface area contributed by atoms with E-state index in [-0.39, 0.29) is 24.0 Å². The quantitative estimate of drug-likeness (QED) is 0.766. The van der Waals surface area contributed by atoms with Gasteiger partial charge in [0.2, 0.25) is 0 Å². The molecule has 2 atom stereocenters. The third kappa shape index (κ3) is 4.21. The minimum absolute atomic E-state index is 0.0409. The Hall–Kier alpha value is -1.08. The van der Waals surface area contributed by atoms with Crippen LogP contribution in [-0.4, -0.2) is 55.6 Å². The minimum Gasteiger partial charge on any atom is -0.481 e. The Kier molecular flexibility index (Phi) is 4.86. The molecular formula is C13H25NO5Si. The fourth-order valence-corrected chi connectivity index (χ4v) is 3.44. The van der Waals surface area contributed by atoms with Crippen molar-refractivity contribution in [3.63, 3.8) is 0 Å². The van der Waals surface area contributed by atoms with Crippen molar-refractivity contribution in [3.05, 3.63) is 0 Å². The van der Waals surface area contributed by atoms with Crippen LogP contribution < -0.4 is 0 Å². The second-order valence-corrected chi connectivity index (χ2v) is 9.89. The molecule has 1 aliphatic rings. The fraction of sp³-hybridized carbons (Fsp3) is 0.846. The molecule has 1 amide bonds. The standard InChI is InChI=1S/C13H25NO5Si/c1-12(2,3)20-19-13(4,5)9-7-14(11(17)18)6-8(9)10(15)16/h8-9H,6-7,20H2,1-5H3,(H,15,16)(H,17,18)/t8-,9-/m0/s1. The third-order valence-electron chi connectivity index (χ3n) is 3.68. The summed E-state index contributed by atoms with van der Waals surface area (Å²) in [7, 11) is -0.831. The number of hydrogen-bond acceptors (Lipinski definition) is 3. The smallest absolute Gasteiger partial charge is 0.407 e. The number of hydrogen-bond donors (Lipinski definition) is 2. The van der Waals surface area contributed by atoms with E-state index in [1.807, 2.05) is 13.8 Å². The second kappa shape index (κ2) is 5.73. The SMILES string of the molecule is CC(C)(C)[SiH2]OC(C)(C)[C@H]1CN(C(=O)O)C[C@@H]1C(=O)O. The third-order valence-corrected chi connectivity index (χ3v) is 5.43. The van der Waals surface area contributed by atoms with Crippen LogP contribution in [-0.2, 0) is 9.22 Å². The van der Waals surface area contributed by atoms with Crippen molar-refractivity contribution >= 4 is 21.8 Å². The highest BCUT2D eigenvalue weighted by molar-refractivity contribution is 6.31. The molecule has 1 aliphatic heterocycles. The van der Waals surface area contributed by atoms with Crippen LogP contribution >= 0.6 is 0 Å². The molecule has 0 bridgehead atoms. The number of amides is 1. The lowest BCUT2D eigenvalue weighted by Gasteiger charge is -2.36. The van der Waals surface area contributed by atoms with E-state index in [4.69, 9.17) is 9.53 Å². The molecule has 0 radical (unpaired) electrons. The van der Waals surface area contributed by atoms with E-state index in [0.717, 1.165) is 0 Å². The molecule has 1 fully saturated rings. The van der Waals surface area contributed by atoms with Gasteiger partial charge in [0.15, 0.2) is 9.76 Å². The van der Waals surface area contributed by atoms with E-state index in [0.29, 0.717) is 0 Å². The van der Waals surface area contributed by atoms with Gasteiger partial charge >= 0.3 is 12.1 Å². The van der Waals surface area contributed by atoms with Crippen LogP contribution in [0.25, 0.3) is 0 Å². The highest BCUT2D eigenvalue weighted by Gasteiger charge is 2.47. The predicted octanol–water partition coefficient (Wildman–Crippen LogP) is 1.39. The van der Waals surface area contributed by atoms with Gasteiger partial charge in [0.1, 0.15) is 0 Å². The van der Waals surface area contributed by atoms with Gasteiger partial charge in [-0.15, -0.1) is 0 Å². The largest absolute Gasteiger partial charge is 0.481 e. The van der Waals surface area contributed by atoms with Gasteiger partial charge in [0.05, 0.1) is 11.5 Å². The lowest BCUT2D eigenvalue weighted by atomic mass is 9.83. The Labute approximate surface area is 122 Å². The number of carboxylic acid groups (broad SMARTS) is 2. The summed E-state index contributed by atoms with van der Waals surface area (Å²) in [6, 6.07) is 0. The first-order valence-corrected chi connectivity index (χ1v) is 8.07. The number of carbonyl (C=O) groups is 2. The summed E-state index contributed by atoms with van der Waals surface area (Å²) in [6.07, 6.45) is -1.07. The van der Waals surface area contributed by atoms with Gasteiger partial charge in [-0.25, -0.2) is 4.79 Å². The Morgan fingerprint density at radius 1 is 1.15 bits per heavy atom. The van der Waals surface area contributed by atoms with Crippen molar-refractivity contribution < 1.29 is 24.2 Å². The molecule has 0 aromatic carbocycles. The zero-order valence-electron chi connectivity index (χ0n) is 12.8. The number of likely N-dealkylation sites (tertiary alicyclic amines) is 1. The maximum absolute atomic E-state index is 11.4. The van der Waals surface area contributed by atoms with E-state index in [2.05, 4.69) is 20.8 Å². The summed E-state index contributed by atoms with van der Waals surface area (Å²) < 4.78 is 6.04. The van der Waals surface area contributed by atoms with Gasteiger partial charge in [-0.05, 0) is 18.9 Å². The molecule has 7 heteroatoms. The molecule has 0 aromatic heterocycles. The van der Waals surface area contributed by atoms with Crippen LogP contribution in [0.3, 0.4) is 0 Å². The number of aliphatic carboxylic acids is 1. The molecule has 2 N–H and O–H groups in total. The molecule has 0 aliphatic carbocycles. The van der Waals surface area contributed by atoms with Crippen LogP contribution in [0, 0.1) is 11.8 Å². The molecule has 0 unspecified atom stereocenters. The molecule has 1 rings (SSSR count). The molecule has 6 nitrogen and oxygen atoms in total. The second-order valence-electron chi connectivity index (χ2n) is 7.19. The lowest BCUT2D eigenvalue weighted by molar-refractivity contribution is -0.144. The van der Waals surface area contributed by atoms with Crippen molar-refractivity contribution in [3.8, 4) is 0 Å². The van der Waals surface area contributed by atoms with Crippen molar-refractivity contribution in [1.29, 1.82) is 0 Å². The zero-order chi connectivity index (χ0) is 15.7. The lowest BCUT2D eigenvalue weighted by Crippen LogP contribution is -2.43. The van der Waals surface area contributed by atoms with Crippen molar-refractivity contribution in [2.75, 3.05) is 13.1 Å². The van der Waals surface area contributed by atoms with Crippen LogP contribution in [0.1, 0.15) is 34.6 Å². The Morgan fingerprint density at radius 3 is 2.10 bits per heavy atom. The molecule has 1 heterocycles. The topological polar surface area (TPSA) is 87.1 Å². The predicted molar refractivity (Wildman–Crippen MR) is 77.6 cm³/mol. The summed E-state index contributed by atoms with van der Waals surface area (Å²) in [5, 5.41) is 18.5. The maximum Gasteiger partial charge on any atom is 0.407 e. The molecule has 116 valence electrons. The number of rotatable bonds is 4. The van der Waals surface area contributed by atoms with Gasteiger partial charge < -0.3 is 19.5 Å². The van der Waals surface area contributed by atoms with E-state index >= 15 is 0 Å². The highest BCUT2D eigenvalue weighted by Crippen LogP contribution is 2.36. The van der Waals surface area contributed by atoms with Crippen molar-refractivity contribution in [1.82, 2.24) is 4.90 Å². The number of nitrogens with zero attached hydrogens (tertiary/aromatic N) is 1. The summed E-state index contributed by atoms with van der Waals surface area (Å²) in [5.41, 5.74) is -0.618. The fourth-order valence-electron chi connectivity index (χ4n) is 2.42. The minimum atomic E-state index is -1.07. The van der Waals surface area contributed by atoms with E-state index in [9.17, 15) is 14.7 Å². The molecule has 1 saturated heterocycles. The summed E-state index contributed by atoms with van der Waals surface area (Å²) in [6.45, 7) is 10.3. The average molecular weight is 303 g/mol. The Balaban J connectivity index is 2.84. The first-order chi connectivity index (χ1) is 8.94. The summed E-state index contributed by atoms with van der Waals surface area (Å²) in [5.74, 6) is -1.96. The normalized spacial score (nSPS) is 24.6. The summed E-state index contributed by atoms with van der Waals surface area (Å²) in [4.78, 5) is 23.6. The van der Waals surface area contributed by atoms with Crippen LogP contribution in [0.5, 0.6) is 0 Å².